The second kappa shape index (κ2) is 9.44. The van der Waals surface area contributed by atoms with E-state index < -0.39 is 0 Å². The summed E-state index contributed by atoms with van der Waals surface area (Å²) in [7, 11) is 0. The van der Waals surface area contributed by atoms with Gasteiger partial charge < -0.3 is 5.32 Å². The van der Waals surface area contributed by atoms with Crippen LogP contribution in [0.25, 0.3) is 10.9 Å². The number of hydrogen-bond donors (Lipinski definition) is 1. The topological polar surface area (TPSA) is 42.0 Å². The third-order valence-corrected chi connectivity index (χ3v) is 8.49. The van der Waals surface area contributed by atoms with Gasteiger partial charge in [-0.15, -0.1) is 11.8 Å². The Balaban J connectivity index is 1.32. The summed E-state index contributed by atoms with van der Waals surface area (Å²) < 4.78 is 0. The highest BCUT2D eigenvalue weighted by Gasteiger charge is 2.35. The number of carbonyl (C=O) groups is 1. The van der Waals surface area contributed by atoms with E-state index >= 15 is 0 Å². The molecular formula is C27H29ClN2OS. The minimum Gasteiger partial charge on any atom is -0.354 e. The maximum Gasteiger partial charge on any atom is 0.230 e. The Morgan fingerprint density at radius 2 is 1.81 bits per heavy atom. The van der Waals surface area contributed by atoms with Gasteiger partial charge >= 0.3 is 0 Å². The van der Waals surface area contributed by atoms with E-state index in [9.17, 15) is 4.79 Å². The van der Waals surface area contributed by atoms with E-state index in [0.717, 1.165) is 43.1 Å². The molecule has 1 aromatic heterocycles. The number of nitrogens with one attached hydrogen (secondary N) is 1. The molecule has 5 heteroatoms. The number of rotatable bonds is 6. The van der Waals surface area contributed by atoms with Crippen LogP contribution in [0.4, 0.5) is 0 Å². The maximum atomic E-state index is 12.9. The van der Waals surface area contributed by atoms with Crippen LogP contribution in [0.1, 0.15) is 55.3 Å². The summed E-state index contributed by atoms with van der Waals surface area (Å²) in [5.41, 5.74) is 4.93. The summed E-state index contributed by atoms with van der Waals surface area (Å²) in [5, 5.41) is 5.06. The number of aryl methyl sites for hydroxylation is 1. The van der Waals surface area contributed by atoms with Crippen LogP contribution < -0.4 is 5.32 Å². The number of fused-ring (bicyclic) bond motifs is 2. The Bertz CT molecular complexity index is 1130. The highest BCUT2D eigenvalue weighted by molar-refractivity contribution is 8.00. The van der Waals surface area contributed by atoms with Gasteiger partial charge in [-0.2, -0.15) is 0 Å². The number of pyridine rings is 1. The predicted octanol–water partition coefficient (Wildman–Crippen LogP) is 6.49. The van der Waals surface area contributed by atoms with Crippen molar-refractivity contribution in [3.63, 3.8) is 0 Å². The average Bonchev–Trinajstić information content (AvgIpc) is 3.31. The number of halogens is 1. The molecule has 1 N–H and O–H groups in total. The lowest BCUT2D eigenvalue weighted by molar-refractivity contribution is -0.118. The van der Waals surface area contributed by atoms with Crippen molar-refractivity contribution in [1.82, 2.24) is 10.3 Å². The van der Waals surface area contributed by atoms with Crippen molar-refractivity contribution in [3.05, 3.63) is 70.4 Å². The zero-order valence-corrected chi connectivity index (χ0v) is 19.9. The van der Waals surface area contributed by atoms with Gasteiger partial charge in [0, 0.05) is 33.0 Å². The van der Waals surface area contributed by atoms with Crippen LogP contribution in [-0.2, 0) is 23.1 Å². The molecule has 0 bridgehead atoms. The number of carbonyl (C=O) groups excluding carboxylic acids is 1. The standard InChI is InChI=1S/C27H29ClN2OS/c28-20-12-13-24-22(16-20)26(21-10-4-5-11-23(21)30-24)32-17-25(31)29-18-27(14-6-7-15-27)19-8-2-1-3-9-19/h1-3,8-9,12-13,16H,4-7,10-11,14-15,17-18H2,(H,29,31). The monoisotopic (exact) mass is 464 g/mol. The molecule has 5 rings (SSSR count). The van der Waals surface area contributed by atoms with Gasteiger partial charge in [-0.25, -0.2) is 0 Å². The average molecular weight is 465 g/mol. The molecule has 1 saturated carbocycles. The quantitative estimate of drug-likeness (QED) is 0.424. The maximum absolute atomic E-state index is 12.9. The number of thioether (sulfide) groups is 1. The Hall–Kier alpha value is -2.04. The van der Waals surface area contributed by atoms with Gasteiger partial charge in [0.2, 0.25) is 5.91 Å². The van der Waals surface area contributed by atoms with Crippen LogP contribution in [-0.4, -0.2) is 23.2 Å². The molecular weight excluding hydrogens is 436 g/mol. The van der Waals surface area contributed by atoms with Crippen molar-refractivity contribution in [1.29, 1.82) is 0 Å². The zero-order valence-electron chi connectivity index (χ0n) is 18.3. The molecule has 0 aliphatic heterocycles. The first-order valence-corrected chi connectivity index (χ1v) is 13.1. The molecule has 1 fully saturated rings. The molecule has 0 saturated heterocycles. The van der Waals surface area contributed by atoms with E-state index in [0.29, 0.717) is 10.8 Å². The lowest BCUT2D eigenvalue weighted by Crippen LogP contribution is -2.39. The normalized spacial score (nSPS) is 17.3. The number of aromatic nitrogens is 1. The second-order valence-corrected chi connectivity index (χ2v) is 10.6. The van der Waals surface area contributed by atoms with Gasteiger partial charge in [-0.3, -0.25) is 9.78 Å². The highest BCUT2D eigenvalue weighted by Crippen LogP contribution is 2.41. The highest BCUT2D eigenvalue weighted by atomic mass is 35.5. The Labute approximate surface area is 199 Å². The van der Waals surface area contributed by atoms with Crippen LogP contribution in [0.2, 0.25) is 5.02 Å². The smallest absolute Gasteiger partial charge is 0.230 e. The predicted molar refractivity (Wildman–Crippen MR) is 134 cm³/mol. The SMILES string of the molecule is O=C(CSc1c2c(nc3ccc(Cl)cc13)CCCC2)NCC1(c2ccccc2)CCCC1. The van der Waals surface area contributed by atoms with Gasteiger partial charge in [0.1, 0.15) is 0 Å². The Kier molecular flexibility index (Phi) is 6.43. The van der Waals surface area contributed by atoms with E-state index in [-0.39, 0.29) is 11.3 Å². The fourth-order valence-electron chi connectivity index (χ4n) is 5.39. The van der Waals surface area contributed by atoms with Gasteiger partial charge in [0.25, 0.3) is 0 Å². The van der Waals surface area contributed by atoms with Gasteiger partial charge in [0.15, 0.2) is 0 Å². The van der Waals surface area contributed by atoms with Crippen molar-refractivity contribution in [2.45, 2.75) is 61.7 Å². The number of amides is 1. The van der Waals surface area contributed by atoms with Gasteiger partial charge in [-0.05, 0) is 67.9 Å². The molecule has 0 atom stereocenters. The fourth-order valence-corrected chi connectivity index (χ4v) is 6.65. The minimum atomic E-state index is 0.0810. The molecule has 2 aliphatic carbocycles. The van der Waals surface area contributed by atoms with E-state index in [1.54, 1.807) is 11.8 Å². The number of hydrogen-bond acceptors (Lipinski definition) is 3. The minimum absolute atomic E-state index is 0.0810. The van der Waals surface area contributed by atoms with Crippen molar-refractivity contribution in [3.8, 4) is 0 Å². The number of nitrogens with zero attached hydrogens (tertiary/aromatic N) is 1. The summed E-state index contributed by atoms with van der Waals surface area (Å²) in [4.78, 5) is 19.0. The second-order valence-electron chi connectivity index (χ2n) is 9.15. The van der Waals surface area contributed by atoms with Crippen LogP contribution in [0, 0.1) is 0 Å². The van der Waals surface area contributed by atoms with Crippen molar-refractivity contribution < 1.29 is 4.79 Å². The van der Waals surface area contributed by atoms with E-state index in [4.69, 9.17) is 16.6 Å². The fraction of sp³-hybridized carbons (Fsp3) is 0.407. The summed E-state index contributed by atoms with van der Waals surface area (Å²) in [6, 6.07) is 16.6. The van der Waals surface area contributed by atoms with Crippen molar-refractivity contribution in [2.75, 3.05) is 12.3 Å². The largest absolute Gasteiger partial charge is 0.354 e. The van der Waals surface area contributed by atoms with Gasteiger partial charge in [-0.1, -0.05) is 54.8 Å². The van der Waals surface area contributed by atoms with Crippen LogP contribution in [0.5, 0.6) is 0 Å². The van der Waals surface area contributed by atoms with Crippen LogP contribution in [0.3, 0.4) is 0 Å². The molecule has 0 radical (unpaired) electrons. The Morgan fingerprint density at radius 1 is 1.03 bits per heavy atom. The Morgan fingerprint density at radius 3 is 2.62 bits per heavy atom. The zero-order chi connectivity index (χ0) is 22.0. The third-order valence-electron chi connectivity index (χ3n) is 7.09. The molecule has 32 heavy (non-hydrogen) atoms. The number of benzene rings is 2. The van der Waals surface area contributed by atoms with E-state index in [1.165, 1.54) is 47.4 Å². The van der Waals surface area contributed by atoms with Crippen molar-refractivity contribution in [2.24, 2.45) is 0 Å². The summed E-state index contributed by atoms with van der Waals surface area (Å²) in [6.07, 6.45) is 9.17. The molecule has 0 spiro atoms. The first kappa shape index (κ1) is 21.8. The van der Waals surface area contributed by atoms with E-state index in [1.807, 2.05) is 18.2 Å². The molecule has 1 amide bonds. The molecule has 1 heterocycles. The van der Waals surface area contributed by atoms with Crippen molar-refractivity contribution >= 4 is 40.2 Å². The molecule has 2 aromatic carbocycles. The third kappa shape index (κ3) is 4.40. The van der Waals surface area contributed by atoms with E-state index in [2.05, 4.69) is 35.6 Å². The first-order valence-electron chi connectivity index (χ1n) is 11.7. The molecule has 3 aromatic rings. The van der Waals surface area contributed by atoms with Gasteiger partial charge in [0.05, 0.1) is 11.3 Å². The summed E-state index contributed by atoms with van der Waals surface area (Å²) in [6.45, 7) is 0.720. The first-order chi connectivity index (χ1) is 15.6. The van der Waals surface area contributed by atoms with Crippen LogP contribution >= 0.6 is 23.4 Å². The lowest BCUT2D eigenvalue weighted by Gasteiger charge is -2.30. The summed E-state index contributed by atoms with van der Waals surface area (Å²) in [5.74, 6) is 0.525. The molecule has 0 unspecified atom stereocenters. The molecule has 2 aliphatic rings. The molecule has 3 nitrogen and oxygen atoms in total. The molecule has 166 valence electrons. The lowest BCUT2D eigenvalue weighted by atomic mass is 9.79. The summed E-state index contributed by atoms with van der Waals surface area (Å²) >= 11 is 7.96. The van der Waals surface area contributed by atoms with Crippen LogP contribution in [0.15, 0.2) is 53.4 Å².